The fourth-order valence-corrected chi connectivity index (χ4v) is 3.01. The third kappa shape index (κ3) is 5.15. The molecule has 0 spiro atoms. The first-order valence-electron chi connectivity index (χ1n) is 9.47. The smallest absolute Gasteiger partial charge is 0.290 e. The highest BCUT2D eigenvalue weighted by atomic mass is 35.5. The summed E-state index contributed by atoms with van der Waals surface area (Å²) in [4.78, 5) is 37.1. The first kappa shape index (κ1) is 21.3. The van der Waals surface area contributed by atoms with Gasteiger partial charge < -0.3 is 4.74 Å². The second-order valence-corrected chi connectivity index (χ2v) is 6.92. The third-order valence-corrected chi connectivity index (χ3v) is 4.46. The average Bonchev–Trinajstić information content (AvgIpc) is 2.74. The second-order valence-electron chi connectivity index (χ2n) is 6.48. The normalized spacial score (nSPS) is 10.6. The first-order chi connectivity index (χ1) is 14.5. The Morgan fingerprint density at radius 2 is 1.87 bits per heavy atom. The van der Waals surface area contributed by atoms with Gasteiger partial charge in [-0.3, -0.25) is 25.2 Å². The van der Waals surface area contributed by atoms with Crippen molar-refractivity contribution in [3.63, 3.8) is 0 Å². The van der Waals surface area contributed by atoms with E-state index in [0.717, 1.165) is 0 Å². The van der Waals surface area contributed by atoms with Gasteiger partial charge in [-0.15, -0.1) is 0 Å². The summed E-state index contributed by atoms with van der Waals surface area (Å²) in [5.41, 5.74) is 4.49. The Kier molecular flexibility index (Phi) is 7.03. The van der Waals surface area contributed by atoms with Crippen LogP contribution in [0.1, 0.15) is 30.3 Å². The molecule has 0 saturated heterocycles. The summed E-state index contributed by atoms with van der Waals surface area (Å²) in [5, 5.41) is 5.54. The number of hydrogen-bond donors (Lipinski definition) is 2. The monoisotopic (exact) mass is 428 g/mol. The molecule has 1 aromatic heterocycles. The van der Waals surface area contributed by atoms with E-state index in [1.807, 2.05) is 6.92 Å². The van der Waals surface area contributed by atoms with E-state index in [9.17, 15) is 14.4 Å². The van der Waals surface area contributed by atoms with E-state index in [1.54, 1.807) is 48.5 Å². The number of nitrogens with one attached hydrogen (secondary N) is 2. The summed E-state index contributed by atoms with van der Waals surface area (Å²) in [6, 6.07) is 13.6. The van der Waals surface area contributed by atoms with Crippen LogP contribution in [0.15, 0.2) is 53.3 Å². The summed E-state index contributed by atoms with van der Waals surface area (Å²) in [6.07, 6.45) is 0.714. The molecule has 0 unspecified atom stereocenters. The Hall–Kier alpha value is -3.39. The van der Waals surface area contributed by atoms with Crippen LogP contribution >= 0.6 is 11.6 Å². The lowest BCUT2D eigenvalue weighted by Gasteiger charge is -2.11. The number of rotatable bonds is 7. The number of hydrogen-bond acceptors (Lipinski definition) is 5. The van der Waals surface area contributed by atoms with Crippen LogP contribution in [0.25, 0.3) is 10.8 Å². The minimum absolute atomic E-state index is 0.0241. The number of amides is 2. The number of aromatic nitrogens is 2. The van der Waals surface area contributed by atoms with Crippen LogP contribution in [0, 0.1) is 0 Å². The van der Waals surface area contributed by atoms with Crippen LogP contribution in [0.4, 0.5) is 0 Å². The molecule has 3 aromatic rings. The molecule has 2 N–H and O–H groups in total. The second kappa shape index (κ2) is 9.89. The maximum absolute atomic E-state index is 12.6. The molecule has 0 aliphatic rings. The van der Waals surface area contributed by atoms with E-state index < -0.39 is 11.8 Å². The highest BCUT2D eigenvalue weighted by Gasteiger charge is 2.17. The fraction of sp³-hybridized carbons (Fsp3) is 0.238. The number of nitrogens with zero attached hydrogens (tertiary/aromatic N) is 2. The molecule has 8 nitrogen and oxygen atoms in total. The van der Waals surface area contributed by atoms with Gasteiger partial charge in [0.25, 0.3) is 11.5 Å². The number of ether oxygens (including phenoxy) is 1. The third-order valence-electron chi connectivity index (χ3n) is 4.23. The number of carbonyl (C=O) groups is 2. The van der Waals surface area contributed by atoms with Crippen LogP contribution in [-0.4, -0.2) is 28.2 Å². The molecule has 0 fully saturated rings. The van der Waals surface area contributed by atoms with Crippen molar-refractivity contribution in [2.24, 2.45) is 0 Å². The first-order valence-corrected chi connectivity index (χ1v) is 9.84. The number of benzene rings is 2. The summed E-state index contributed by atoms with van der Waals surface area (Å²) in [5.74, 6) is -0.495. The van der Waals surface area contributed by atoms with Gasteiger partial charge in [0.05, 0.1) is 18.4 Å². The van der Waals surface area contributed by atoms with Gasteiger partial charge in [0.2, 0.25) is 5.91 Å². The zero-order valence-electron chi connectivity index (χ0n) is 16.4. The number of halogens is 1. The summed E-state index contributed by atoms with van der Waals surface area (Å²) in [7, 11) is 0. The molecule has 9 heteroatoms. The fourth-order valence-electron chi connectivity index (χ4n) is 2.83. The Morgan fingerprint density at radius 3 is 2.60 bits per heavy atom. The number of aryl methyl sites for hydroxylation is 1. The molecule has 3 rings (SSSR count). The van der Waals surface area contributed by atoms with Crippen LogP contribution < -0.4 is 21.1 Å². The molecule has 0 aliphatic heterocycles. The predicted molar refractivity (Wildman–Crippen MR) is 113 cm³/mol. The van der Waals surface area contributed by atoms with Gasteiger partial charge in [-0.25, -0.2) is 4.68 Å². The van der Waals surface area contributed by atoms with Crippen LogP contribution in [0.2, 0.25) is 5.02 Å². The molecule has 0 aliphatic carbocycles. The Morgan fingerprint density at radius 1 is 1.10 bits per heavy atom. The lowest BCUT2D eigenvalue weighted by molar-refractivity contribution is -0.122. The maximum atomic E-state index is 12.6. The molecule has 0 atom stereocenters. The van der Waals surface area contributed by atoms with E-state index in [4.69, 9.17) is 16.3 Å². The minimum atomic E-state index is -0.611. The van der Waals surface area contributed by atoms with Crippen molar-refractivity contribution in [3.05, 3.63) is 69.6 Å². The highest BCUT2D eigenvalue weighted by molar-refractivity contribution is 6.30. The van der Waals surface area contributed by atoms with Gasteiger partial charge in [-0.05, 0) is 30.7 Å². The molecule has 30 heavy (non-hydrogen) atoms. The van der Waals surface area contributed by atoms with Gasteiger partial charge in [0.1, 0.15) is 5.75 Å². The number of hydrazine groups is 1. The van der Waals surface area contributed by atoms with Crippen molar-refractivity contribution in [2.75, 3.05) is 6.61 Å². The number of carbonyl (C=O) groups excluding carboxylic acids is 2. The van der Waals surface area contributed by atoms with E-state index in [1.165, 1.54) is 4.68 Å². The lowest BCUT2D eigenvalue weighted by atomic mass is 10.1. The molecular formula is C21H21ClN4O4. The SMILES string of the molecule is CCCn1nc(C(=O)NNC(=O)CCOc2cccc(Cl)c2)c2ccccc2c1=O. The van der Waals surface area contributed by atoms with Crippen LogP contribution in [0.3, 0.4) is 0 Å². The van der Waals surface area contributed by atoms with Crippen molar-refractivity contribution in [3.8, 4) is 5.75 Å². The summed E-state index contributed by atoms with van der Waals surface area (Å²) in [6.45, 7) is 2.41. The van der Waals surface area contributed by atoms with Gasteiger partial charge >= 0.3 is 0 Å². The molecule has 0 radical (unpaired) electrons. The Bertz CT molecular complexity index is 1130. The van der Waals surface area contributed by atoms with Crippen molar-refractivity contribution in [1.82, 2.24) is 20.6 Å². The quantitative estimate of drug-likeness (QED) is 0.563. The van der Waals surface area contributed by atoms with Crippen LogP contribution in [0.5, 0.6) is 5.75 Å². The molecule has 2 aromatic carbocycles. The van der Waals surface area contributed by atoms with Crippen molar-refractivity contribution in [2.45, 2.75) is 26.3 Å². The zero-order chi connectivity index (χ0) is 21.5. The van der Waals surface area contributed by atoms with Gasteiger partial charge in [-0.2, -0.15) is 5.10 Å². The molecule has 0 saturated carbocycles. The van der Waals surface area contributed by atoms with E-state index in [2.05, 4.69) is 16.0 Å². The lowest BCUT2D eigenvalue weighted by Crippen LogP contribution is -2.43. The standard InChI is InChI=1S/C21H21ClN4O4/c1-2-11-26-21(29)17-9-4-3-8-16(17)19(25-26)20(28)24-23-18(27)10-12-30-15-7-5-6-14(22)13-15/h3-9,13H,2,10-12H2,1H3,(H,23,27)(H,24,28). The summed E-state index contributed by atoms with van der Waals surface area (Å²) >= 11 is 5.88. The molecule has 2 amide bonds. The molecule has 0 bridgehead atoms. The van der Waals surface area contributed by atoms with Gasteiger partial charge in [0.15, 0.2) is 5.69 Å². The average molecular weight is 429 g/mol. The molecule has 156 valence electrons. The summed E-state index contributed by atoms with van der Waals surface area (Å²) < 4.78 is 6.72. The Labute approximate surface area is 177 Å². The van der Waals surface area contributed by atoms with Gasteiger partial charge in [0, 0.05) is 17.0 Å². The van der Waals surface area contributed by atoms with Crippen molar-refractivity contribution in [1.29, 1.82) is 0 Å². The van der Waals surface area contributed by atoms with Crippen molar-refractivity contribution < 1.29 is 14.3 Å². The van der Waals surface area contributed by atoms with Gasteiger partial charge in [-0.1, -0.05) is 42.8 Å². The molecular weight excluding hydrogens is 408 g/mol. The molecule has 1 heterocycles. The van der Waals surface area contributed by atoms with E-state index in [0.29, 0.717) is 34.5 Å². The van der Waals surface area contributed by atoms with E-state index >= 15 is 0 Å². The Balaban J connectivity index is 1.63. The minimum Gasteiger partial charge on any atom is -0.493 e. The maximum Gasteiger partial charge on any atom is 0.290 e. The zero-order valence-corrected chi connectivity index (χ0v) is 17.1. The predicted octanol–water partition coefficient (Wildman–Crippen LogP) is 2.69. The van der Waals surface area contributed by atoms with E-state index in [-0.39, 0.29) is 24.3 Å². The van der Waals surface area contributed by atoms with Crippen LogP contribution in [-0.2, 0) is 11.3 Å². The van der Waals surface area contributed by atoms with Crippen molar-refractivity contribution >= 4 is 34.2 Å². The topological polar surface area (TPSA) is 102 Å². The highest BCUT2D eigenvalue weighted by Crippen LogP contribution is 2.17. The largest absolute Gasteiger partial charge is 0.493 e. The number of fused-ring (bicyclic) bond motifs is 1.